The molecule has 0 unspecified atom stereocenters. The lowest BCUT2D eigenvalue weighted by Crippen LogP contribution is -2.47. The Bertz CT molecular complexity index is 194. The molecule has 1 aliphatic heterocycles. The van der Waals surface area contributed by atoms with Gasteiger partial charge in [-0.25, -0.2) is 0 Å². The van der Waals surface area contributed by atoms with Crippen LogP contribution in [0.5, 0.6) is 0 Å². The van der Waals surface area contributed by atoms with Gasteiger partial charge in [0.15, 0.2) is 0 Å². The van der Waals surface area contributed by atoms with Crippen molar-refractivity contribution in [3.63, 3.8) is 0 Å². The van der Waals surface area contributed by atoms with Gasteiger partial charge in [-0.1, -0.05) is 19.8 Å². The summed E-state index contributed by atoms with van der Waals surface area (Å²) in [6.45, 7) is 2.28. The third-order valence-electron chi connectivity index (χ3n) is 3.80. The molecule has 1 spiro atoms. The summed E-state index contributed by atoms with van der Waals surface area (Å²) >= 11 is 0. The van der Waals surface area contributed by atoms with Gasteiger partial charge in [-0.15, -0.1) is 0 Å². The van der Waals surface area contributed by atoms with E-state index in [-0.39, 0.29) is 0 Å². The van der Waals surface area contributed by atoms with Crippen molar-refractivity contribution in [3.8, 4) is 0 Å². The molecule has 0 atom stereocenters. The zero-order chi connectivity index (χ0) is 9.31. The van der Waals surface area contributed by atoms with Crippen LogP contribution in [0.15, 0.2) is 0 Å². The van der Waals surface area contributed by atoms with Crippen LogP contribution in [0.25, 0.3) is 0 Å². The Kier molecular flexibility index (Phi) is 2.77. The average Bonchev–Trinajstić information content (AvgIpc) is 2.07. The van der Waals surface area contributed by atoms with Gasteiger partial charge in [-0.2, -0.15) is 0 Å². The molecule has 1 saturated carbocycles. The van der Waals surface area contributed by atoms with Crippen LogP contribution in [-0.4, -0.2) is 15.7 Å². The summed E-state index contributed by atoms with van der Waals surface area (Å²) in [6.07, 6.45) is 8.30. The van der Waals surface area contributed by atoms with E-state index in [0.717, 1.165) is 17.4 Å². The summed E-state index contributed by atoms with van der Waals surface area (Å²) in [6, 6.07) is 0. The Labute approximate surface area is 83.8 Å². The monoisotopic (exact) mass is 200 g/mol. The summed E-state index contributed by atoms with van der Waals surface area (Å²) in [5.74, 6) is 3.03. The van der Waals surface area contributed by atoms with E-state index in [1.807, 2.05) is 0 Å². The van der Waals surface area contributed by atoms with Crippen molar-refractivity contribution in [2.45, 2.75) is 45.4 Å². The molecule has 0 amide bonds. The highest BCUT2D eigenvalue weighted by atomic mass is 32.2. The zero-order valence-corrected chi connectivity index (χ0v) is 9.37. The Morgan fingerprint density at radius 3 is 2.38 bits per heavy atom. The minimum Gasteiger partial charge on any atom is -0.260 e. The molecule has 2 aliphatic rings. The standard InChI is InChI=1S/C11H20OS/c1-2-3-10-4-6-11(7-5-10)8-13(12)9-11/h10H,2-9H2,1H3. The van der Waals surface area contributed by atoms with Crippen LogP contribution in [0.2, 0.25) is 0 Å². The van der Waals surface area contributed by atoms with Gasteiger partial charge in [0.2, 0.25) is 0 Å². The molecule has 0 aromatic heterocycles. The van der Waals surface area contributed by atoms with Crippen LogP contribution in [0.4, 0.5) is 0 Å². The molecule has 1 saturated heterocycles. The molecule has 76 valence electrons. The van der Waals surface area contributed by atoms with Crippen LogP contribution in [0, 0.1) is 11.3 Å². The van der Waals surface area contributed by atoms with E-state index in [4.69, 9.17) is 0 Å². The van der Waals surface area contributed by atoms with Crippen LogP contribution < -0.4 is 0 Å². The molecule has 1 heterocycles. The van der Waals surface area contributed by atoms with Gasteiger partial charge >= 0.3 is 0 Å². The Morgan fingerprint density at radius 1 is 1.31 bits per heavy atom. The lowest BCUT2D eigenvalue weighted by atomic mass is 9.71. The fourth-order valence-corrected chi connectivity index (χ4v) is 4.78. The molecular weight excluding hydrogens is 180 g/mol. The topological polar surface area (TPSA) is 17.1 Å². The van der Waals surface area contributed by atoms with Gasteiger partial charge in [-0.05, 0) is 37.0 Å². The van der Waals surface area contributed by atoms with E-state index < -0.39 is 10.8 Å². The SMILES string of the molecule is CCCC1CCC2(CC1)CS(=O)C2. The Balaban J connectivity index is 1.80. The maximum atomic E-state index is 11.1. The molecule has 13 heavy (non-hydrogen) atoms. The first-order valence-corrected chi connectivity index (χ1v) is 7.08. The van der Waals surface area contributed by atoms with Crippen molar-refractivity contribution in [2.24, 2.45) is 11.3 Å². The first-order chi connectivity index (χ1) is 6.24. The minimum atomic E-state index is -0.444. The summed E-state index contributed by atoms with van der Waals surface area (Å²) in [7, 11) is -0.444. The third kappa shape index (κ3) is 1.98. The van der Waals surface area contributed by atoms with E-state index in [1.165, 1.54) is 38.5 Å². The van der Waals surface area contributed by atoms with Crippen molar-refractivity contribution in [1.29, 1.82) is 0 Å². The summed E-state index contributed by atoms with van der Waals surface area (Å²) < 4.78 is 11.1. The Hall–Kier alpha value is 0.150. The minimum absolute atomic E-state index is 0.444. The quantitative estimate of drug-likeness (QED) is 0.670. The number of hydrogen-bond donors (Lipinski definition) is 0. The fraction of sp³-hybridized carbons (Fsp3) is 1.00. The second kappa shape index (κ2) is 3.72. The lowest BCUT2D eigenvalue weighted by Gasteiger charge is -2.45. The second-order valence-corrected chi connectivity index (χ2v) is 6.42. The summed E-state index contributed by atoms with van der Waals surface area (Å²) in [5.41, 5.74) is 0.551. The van der Waals surface area contributed by atoms with Crippen LogP contribution in [0.3, 0.4) is 0 Å². The van der Waals surface area contributed by atoms with Crippen molar-refractivity contribution < 1.29 is 4.21 Å². The fourth-order valence-electron chi connectivity index (χ4n) is 2.92. The van der Waals surface area contributed by atoms with E-state index in [2.05, 4.69) is 6.92 Å². The van der Waals surface area contributed by atoms with E-state index in [9.17, 15) is 4.21 Å². The molecule has 1 nitrogen and oxygen atoms in total. The zero-order valence-electron chi connectivity index (χ0n) is 8.55. The molecule has 0 bridgehead atoms. The summed E-state index contributed by atoms with van der Waals surface area (Å²) in [5, 5.41) is 0. The normalized spacial score (nSPS) is 44.7. The van der Waals surface area contributed by atoms with E-state index in [1.54, 1.807) is 0 Å². The van der Waals surface area contributed by atoms with Gasteiger partial charge in [0.05, 0.1) is 0 Å². The van der Waals surface area contributed by atoms with Gasteiger partial charge < -0.3 is 0 Å². The van der Waals surface area contributed by atoms with Gasteiger partial charge in [0, 0.05) is 22.3 Å². The highest BCUT2D eigenvalue weighted by molar-refractivity contribution is 7.86. The van der Waals surface area contributed by atoms with Crippen molar-refractivity contribution in [2.75, 3.05) is 11.5 Å². The predicted octanol–water partition coefficient (Wildman–Crippen LogP) is 2.73. The molecule has 0 N–H and O–H groups in total. The first-order valence-electron chi connectivity index (χ1n) is 5.59. The van der Waals surface area contributed by atoms with Gasteiger partial charge in [0.25, 0.3) is 0 Å². The molecule has 2 heteroatoms. The predicted molar refractivity (Wildman–Crippen MR) is 57.2 cm³/mol. The lowest BCUT2D eigenvalue weighted by molar-refractivity contribution is 0.178. The van der Waals surface area contributed by atoms with Gasteiger partial charge in [0.1, 0.15) is 0 Å². The molecule has 2 fully saturated rings. The van der Waals surface area contributed by atoms with E-state index >= 15 is 0 Å². The van der Waals surface area contributed by atoms with Crippen molar-refractivity contribution in [3.05, 3.63) is 0 Å². The van der Waals surface area contributed by atoms with Crippen LogP contribution in [-0.2, 0) is 10.8 Å². The van der Waals surface area contributed by atoms with E-state index in [0.29, 0.717) is 5.41 Å². The van der Waals surface area contributed by atoms with Gasteiger partial charge in [-0.3, -0.25) is 4.21 Å². The second-order valence-electron chi connectivity index (χ2n) is 4.96. The average molecular weight is 200 g/mol. The maximum Gasteiger partial charge on any atom is 0.0300 e. The molecule has 0 radical (unpaired) electrons. The van der Waals surface area contributed by atoms with Crippen LogP contribution in [0.1, 0.15) is 45.4 Å². The highest BCUT2D eigenvalue weighted by Gasteiger charge is 2.44. The van der Waals surface area contributed by atoms with Crippen molar-refractivity contribution in [1.82, 2.24) is 0 Å². The molecular formula is C11H20OS. The van der Waals surface area contributed by atoms with Crippen LogP contribution >= 0.6 is 0 Å². The third-order valence-corrected chi connectivity index (χ3v) is 5.67. The first kappa shape index (κ1) is 9.70. The number of hydrogen-bond acceptors (Lipinski definition) is 1. The highest BCUT2D eigenvalue weighted by Crippen LogP contribution is 2.46. The molecule has 1 aliphatic carbocycles. The number of rotatable bonds is 2. The maximum absolute atomic E-state index is 11.1. The molecule has 0 aromatic carbocycles. The largest absolute Gasteiger partial charge is 0.260 e. The Morgan fingerprint density at radius 2 is 1.92 bits per heavy atom. The smallest absolute Gasteiger partial charge is 0.0300 e. The molecule has 2 rings (SSSR count). The van der Waals surface area contributed by atoms with Crippen molar-refractivity contribution >= 4 is 10.8 Å². The molecule has 0 aromatic rings. The summed E-state index contributed by atoms with van der Waals surface area (Å²) in [4.78, 5) is 0.